The molecule has 3 heterocycles. The van der Waals surface area contributed by atoms with E-state index in [4.69, 9.17) is 21.1 Å². The minimum absolute atomic E-state index is 0.0273. The van der Waals surface area contributed by atoms with E-state index in [1.807, 2.05) is 45.0 Å². The molecule has 0 aliphatic heterocycles. The van der Waals surface area contributed by atoms with Crippen LogP contribution < -0.4 is 10.1 Å². The normalized spacial score (nSPS) is 12.2. The van der Waals surface area contributed by atoms with Crippen LogP contribution in [0.4, 0.5) is 5.82 Å². The number of amides is 1. The number of para-hydroxylation sites is 1. The van der Waals surface area contributed by atoms with Gasteiger partial charge in [-0.3, -0.25) is 4.79 Å². The van der Waals surface area contributed by atoms with Crippen LogP contribution in [0.15, 0.2) is 55.1 Å². The predicted octanol–water partition coefficient (Wildman–Crippen LogP) is 3.98. The quantitative estimate of drug-likeness (QED) is 0.418. The lowest BCUT2D eigenvalue weighted by Gasteiger charge is -2.19. The first-order valence-corrected chi connectivity index (χ1v) is 10.8. The average molecular weight is 467 g/mol. The molecule has 3 aromatic heterocycles. The molecule has 0 spiro atoms. The largest absolute Gasteiger partial charge is 0.461 e. The van der Waals surface area contributed by atoms with Crippen LogP contribution in [0.1, 0.15) is 19.4 Å². The van der Waals surface area contributed by atoms with E-state index in [2.05, 4.69) is 25.4 Å². The highest BCUT2D eigenvalue weighted by Crippen LogP contribution is 2.27. The van der Waals surface area contributed by atoms with E-state index < -0.39 is 12.0 Å². The van der Waals surface area contributed by atoms with Crippen molar-refractivity contribution < 1.29 is 14.3 Å². The van der Waals surface area contributed by atoms with E-state index in [1.165, 1.54) is 6.33 Å². The van der Waals surface area contributed by atoms with Crippen molar-refractivity contribution in [1.82, 2.24) is 24.7 Å². The van der Waals surface area contributed by atoms with Crippen molar-refractivity contribution in [2.24, 2.45) is 0 Å². The number of carbonyl (C=O) groups excluding carboxylic acids is 1. The van der Waals surface area contributed by atoms with Gasteiger partial charge in [0.1, 0.15) is 17.5 Å². The topological polar surface area (TPSA) is 104 Å². The molecule has 1 atom stereocenters. The summed E-state index contributed by atoms with van der Waals surface area (Å²) in [5.74, 6) is 0.225. The Labute approximate surface area is 195 Å². The van der Waals surface area contributed by atoms with Gasteiger partial charge in [0, 0.05) is 6.20 Å². The van der Waals surface area contributed by atoms with E-state index >= 15 is 0 Å². The number of anilines is 1. The van der Waals surface area contributed by atoms with Crippen molar-refractivity contribution in [3.8, 4) is 11.6 Å². The summed E-state index contributed by atoms with van der Waals surface area (Å²) in [6.45, 7) is 5.71. The zero-order valence-electron chi connectivity index (χ0n) is 18.4. The summed E-state index contributed by atoms with van der Waals surface area (Å²) in [5, 5.41) is 8.22. The molecule has 0 radical (unpaired) electrons. The summed E-state index contributed by atoms with van der Waals surface area (Å²) < 4.78 is 13.3. The van der Waals surface area contributed by atoms with Crippen LogP contribution in [0.2, 0.25) is 5.02 Å². The smallest absolute Gasteiger partial charge is 0.269 e. The van der Waals surface area contributed by atoms with Crippen molar-refractivity contribution in [1.29, 1.82) is 0 Å². The van der Waals surface area contributed by atoms with Crippen LogP contribution >= 0.6 is 11.6 Å². The first kappa shape index (κ1) is 22.6. The molecule has 0 saturated heterocycles. The van der Waals surface area contributed by atoms with Crippen LogP contribution in [-0.2, 0) is 9.53 Å². The molecule has 1 N–H and O–H groups in total. The Hall–Kier alpha value is -3.56. The number of hydrogen-bond acceptors (Lipinski definition) is 7. The van der Waals surface area contributed by atoms with Crippen LogP contribution in [0.5, 0.6) is 5.88 Å². The molecule has 0 fully saturated rings. The first-order valence-electron chi connectivity index (χ1n) is 10.4. The standard InChI is InChI=1S/C23H23ClN6O3/c1-14(2)32-12-19(22(31)29-20-9-8-15(3)10-25-20)33-23-16-11-28-30(21(16)26-13-27-23)18-7-5-4-6-17(18)24/h4-11,13-14,19H,12H2,1-3H3,(H,25,29,31). The molecule has 9 nitrogen and oxygen atoms in total. The number of aryl methyl sites for hydroxylation is 1. The van der Waals surface area contributed by atoms with E-state index in [0.717, 1.165) is 5.56 Å². The summed E-state index contributed by atoms with van der Waals surface area (Å²) in [5.41, 5.74) is 2.15. The Balaban J connectivity index is 1.62. The highest BCUT2D eigenvalue weighted by molar-refractivity contribution is 6.32. The second-order valence-corrected chi connectivity index (χ2v) is 8.03. The fourth-order valence-electron chi connectivity index (χ4n) is 3.04. The predicted molar refractivity (Wildman–Crippen MR) is 125 cm³/mol. The highest BCUT2D eigenvalue weighted by atomic mass is 35.5. The molecule has 4 aromatic rings. The van der Waals surface area contributed by atoms with Gasteiger partial charge < -0.3 is 14.8 Å². The van der Waals surface area contributed by atoms with Crippen molar-refractivity contribution in [2.45, 2.75) is 33.0 Å². The minimum atomic E-state index is -0.975. The molecule has 0 bridgehead atoms. The molecule has 170 valence electrons. The van der Waals surface area contributed by atoms with E-state index in [1.54, 1.807) is 29.2 Å². The SMILES string of the molecule is Cc1ccc(NC(=O)C(COC(C)C)Oc2ncnc3c2cnn3-c2ccccc2Cl)nc1. The van der Waals surface area contributed by atoms with E-state index in [9.17, 15) is 4.79 Å². The third-order valence-corrected chi connectivity index (χ3v) is 5.02. The van der Waals surface area contributed by atoms with Crippen molar-refractivity contribution in [3.05, 3.63) is 65.7 Å². The van der Waals surface area contributed by atoms with Gasteiger partial charge in [-0.15, -0.1) is 0 Å². The Morgan fingerprint density at radius 2 is 1.94 bits per heavy atom. The van der Waals surface area contributed by atoms with Crippen LogP contribution in [0, 0.1) is 6.92 Å². The maximum absolute atomic E-state index is 13.0. The molecule has 4 rings (SSSR count). The highest BCUT2D eigenvalue weighted by Gasteiger charge is 2.25. The molecule has 33 heavy (non-hydrogen) atoms. The molecule has 0 aliphatic carbocycles. The minimum Gasteiger partial charge on any atom is -0.461 e. The van der Waals surface area contributed by atoms with Crippen LogP contribution in [-0.4, -0.2) is 49.5 Å². The fraction of sp³-hybridized carbons (Fsp3) is 0.261. The number of benzene rings is 1. The molecule has 10 heteroatoms. The summed E-state index contributed by atoms with van der Waals surface area (Å²) >= 11 is 6.33. The Bertz CT molecular complexity index is 1260. The lowest BCUT2D eigenvalue weighted by molar-refractivity contribution is -0.126. The molecular formula is C23H23ClN6O3. The Morgan fingerprint density at radius 1 is 1.12 bits per heavy atom. The molecule has 0 saturated carbocycles. The number of hydrogen-bond donors (Lipinski definition) is 1. The lowest BCUT2D eigenvalue weighted by Crippen LogP contribution is -2.38. The summed E-state index contributed by atoms with van der Waals surface area (Å²) in [7, 11) is 0. The van der Waals surface area contributed by atoms with Gasteiger partial charge in [0.15, 0.2) is 5.65 Å². The van der Waals surface area contributed by atoms with E-state index in [-0.39, 0.29) is 18.6 Å². The number of rotatable bonds is 8. The number of pyridine rings is 1. The zero-order valence-corrected chi connectivity index (χ0v) is 19.2. The fourth-order valence-corrected chi connectivity index (χ4v) is 3.26. The second-order valence-electron chi connectivity index (χ2n) is 7.62. The van der Waals surface area contributed by atoms with Gasteiger partial charge >= 0.3 is 0 Å². The molecular weight excluding hydrogens is 444 g/mol. The number of ether oxygens (including phenoxy) is 2. The van der Waals surface area contributed by atoms with Gasteiger partial charge in [-0.05, 0) is 44.5 Å². The van der Waals surface area contributed by atoms with Gasteiger partial charge in [0.05, 0.1) is 29.6 Å². The average Bonchev–Trinajstić information content (AvgIpc) is 3.23. The van der Waals surface area contributed by atoms with Crippen LogP contribution in [0.3, 0.4) is 0 Å². The first-order chi connectivity index (χ1) is 15.9. The number of nitrogens with zero attached hydrogens (tertiary/aromatic N) is 5. The molecule has 1 amide bonds. The van der Waals surface area contributed by atoms with Gasteiger partial charge in [0.2, 0.25) is 12.0 Å². The van der Waals surface area contributed by atoms with Gasteiger partial charge in [-0.2, -0.15) is 5.10 Å². The van der Waals surface area contributed by atoms with Gasteiger partial charge in [0.25, 0.3) is 5.91 Å². The third-order valence-electron chi connectivity index (χ3n) is 4.70. The van der Waals surface area contributed by atoms with Crippen molar-refractivity contribution >= 4 is 34.4 Å². The van der Waals surface area contributed by atoms with Crippen molar-refractivity contribution in [3.63, 3.8) is 0 Å². The summed E-state index contributed by atoms with van der Waals surface area (Å²) in [6.07, 6.45) is 3.54. The zero-order chi connectivity index (χ0) is 23.4. The lowest BCUT2D eigenvalue weighted by atomic mass is 10.3. The van der Waals surface area contributed by atoms with Gasteiger partial charge in [-0.25, -0.2) is 19.6 Å². The number of halogens is 1. The van der Waals surface area contributed by atoms with Crippen molar-refractivity contribution in [2.75, 3.05) is 11.9 Å². The summed E-state index contributed by atoms with van der Waals surface area (Å²) in [6, 6.07) is 10.9. The number of aromatic nitrogens is 5. The second kappa shape index (κ2) is 9.93. The maximum atomic E-state index is 13.0. The van der Waals surface area contributed by atoms with Gasteiger partial charge in [-0.1, -0.05) is 29.8 Å². The molecule has 1 unspecified atom stereocenters. The third kappa shape index (κ3) is 5.27. The molecule has 0 aliphatic rings. The van der Waals surface area contributed by atoms with Crippen LogP contribution in [0.25, 0.3) is 16.7 Å². The Morgan fingerprint density at radius 3 is 2.67 bits per heavy atom. The number of carbonyl (C=O) groups is 1. The monoisotopic (exact) mass is 466 g/mol. The van der Waals surface area contributed by atoms with E-state index in [0.29, 0.717) is 27.6 Å². The summed E-state index contributed by atoms with van der Waals surface area (Å²) in [4.78, 5) is 25.8. The maximum Gasteiger partial charge on any atom is 0.269 e. The number of nitrogens with one attached hydrogen (secondary N) is 1. The number of fused-ring (bicyclic) bond motifs is 1. The Kier molecular flexibility index (Phi) is 6.81. The molecule has 1 aromatic carbocycles.